The number of benzene rings is 1. The van der Waals surface area contributed by atoms with Crippen molar-refractivity contribution in [2.24, 2.45) is 11.3 Å². The fraction of sp³-hybridized carbons (Fsp3) is 0.650. The van der Waals surface area contributed by atoms with E-state index in [1.54, 1.807) is 14.2 Å². The Hall–Kier alpha value is -1.59. The van der Waals surface area contributed by atoms with Gasteiger partial charge in [0.15, 0.2) is 0 Å². The van der Waals surface area contributed by atoms with Crippen molar-refractivity contribution in [1.82, 2.24) is 4.90 Å². The monoisotopic (exact) mass is 347 g/mol. The van der Waals surface area contributed by atoms with Crippen molar-refractivity contribution in [2.75, 3.05) is 27.3 Å². The van der Waals surface area contributed by atoms with Crippen LogP contribution in [0.2, 0.25) is 0 Å². The molecule has 5 heteroatoms. The number of carboxylic acid groups (broad SMARTS) is 1. The molecule has 5 nitrogen and oxygen atoms in total. The first-order valence-corrected chi connectivity index (χ1v) is 9.17. The Balaban J connectivity index is 1.71. The minimum atomic E-state index is -0.612. The molecule has 1 aromatic carbocycles. The lowest BCUT2D eigenvalue weighted by molar-refractivity contribution is -0.153. The molecule has 1 aliphatic carbocycles. The highest BCUT2D eigenvalue weighted by Gasteiger charge is 2.45. The molecule has 0 aromatic heterocycles. The maximum atomic E-state index is 12.0. The van der Waals surface area contributed by atoms with E-state index in [-0.39, 0.29) is 0 Å². The quantitative estimate of drug-likeness (QED) is 0.782. The van der Waals surface area contributed by atoms with Crippen LogP contribution in [0.25, 0.3) is 0 Å². The summed E-state index contributed by atoms with van der Waals surface area (Å²) in [5, 5.41) is 9.87. The van der Waals surface area contributed by atoms with Crippen LogP contribution in [-0.2, 0) is 22.7 Å². The lowest BCUT2D eigenvalue weighted by atomic mass is 9.75. The van der Waals surface area contributed by atoms with E-state index in [0.717, 1.165) is 43.7 Å². The van der Waals surface area contributed by atoms with E-state index in [0.29, 0.717) is 19.1 Å². The summed E-state index contributed by atoms with van der Waals surface area (Å²) in [6.45, 7) is 2.91. The summed E-state index contributed by atoms with van der Waals surface area (Å²) in [6.07, 6.45) is 5.02. The van der Waals surface area contributed by atoms with E-state index in [1.807, 2.05) is 6.07 Å². The normalized spacial score (nSPS) is 24.2. The van der Waals surface area contributed by atoms with Gasteiger partial charge in [-0.3, -0.25) is 9.69 Å². The molecule has 138 valence electrons. The van der Waals surface area contributed by atoms with E-state index in [9.17, 15) is 9.90 Å². The van der Waals surface area contributed by atoms with Gasteiger partial charge in [0.1, 0.15) is 5.75 Å². The number of methoxy groups -OCH3 is 2. The number of ether oxygens (including phenoxy) is 2. The number of hydrogen-bond donors (Lipinski definition) is 1. The molecule has 0 unspecified atom stereocenters. The molecule has 0 bridgehead atoms. The number of carbonyl (C=O) groups is 1. The van der Waals surface area contributed by atoms with Gasteiger partial charge in [0.2, 0.25) is 0 Å². The van der Waals surface area contributed by atoms with E-state index in [2.05, 4.69) is 17.0 Å². The van der Waals surface area contributed by atoms with E-state index < -0.39 is 11.4 Å². The lowest BCUT2D eigenvalue weighted by Gasteiger charge is -2.40. The standard InChI is InChI=1S/C20H29NO4/c1-24-13-17-10-16(6-7-18(17)25-2)12-21-9-3-8-20(14-21,19(22)23)11-15-4-5-15/h6-7,10,15H,3-5,8-9,11-14H2,1-2H3,(H,22,23)/t20-/m0/s1. The topological polar surface area (TPSA) is 59.0 Å². The van der Waals surface area contributed by atoms with Gasteiger partial charge < -0.3 is 14.6 Å². The third-order valence-electron chi connectivity index (χ3n) is 5.54. The first-order valence-electron chi connectivity index (χ1n) is 9.17. The second kappa shape index (κ2) is 7.75. The Morgan fingerprint density at radius 2 is 2.16 bits per heavy atom. The molecule has 0 spiro atoms. The van der Waals surface area contributed by atoms with Gasteiger partial charge >= 0.3 is 5.97 Å². The second-order valence-corrected chi connectivity index (χ2v) is 7.63. The molecular weight excluding hydrogens is 318 g/mol. The smallest absolute Gasteiger partial charge is 0.310 e. The molecule has 0 amide bonds. The minimum absolute atomic E-state index is 0.512. The van der Waals surface area contributed by atoms with Crippen LogP contribution in [0.5, 0.6) is 5.75 Å². The summed E-state index contributed by atoms with van der Waals surface area (Å²) in [5.74, 6) is 0.849. The van der Waals surface area contributed by atoms with E-state index in [4.69, 9.17) is 9.47 Å². The Morgan fingerprint density at radius 3 is 2.80 bits per heavy atom. The third kappa shape index (κ3) is 4.33. The maximum Gasteiger partial charge on any atom is 0.310 e. The van der Waals surface area contributed by atoms with Gasteiger partial charge in [-0.1, -0.05) is 18.9 Å². The number of hydrogen-bond acceptors (Lipinski definition) is 4. The van der Waals surface area contributed by atoms with Crippen LogP contribution in [0.15, 0.2) is 18.2 Å². The van der Waals surface area contributed by atoms with Gasteiger partial charge in [0.25, 0.3) is 0 Å². The Bertz CT molecular complexity index is 614. The van der Waals surface area contributed by atoms with Gasteiger partial charge in [0, 0.05) is 25.8 Å². The van der Waals surface area contributed by atoms with Crippen molar-refractivity contribution >= 4 is 5.97 Å². The molecule has 25 heavy (non-hydrogen) atoms. The highest BCUT2D eigenvalue weighted by Crippen LogP contribution is 2.45. The highest BCUT2D eigenvalue weighted by atomic mass is 16.5. The van der Waals surface area contributed by atoms with Crippen molar-refractivity contribution in [3.05, 3.63) is 29.3 Å². The molecule has 1 aliphatic heterocycles. The van der Waals surface area contributed by atoms with Crippen molar-refractivity contribution in [3.63, 3.8) is 0 Å². The van der Waals surface area contributed by atoms with Gasteiger partial charge in [-0.25, -0.2) is 0 Å². The number of carboxylic acids is 1. The molecule has 1 atom stereocenters. The third-order valence-corrected chi connectivity index (χ3v) is 5.54. The molecule has 1 saturated carbocycles. The number of nitrogens with zero attached hydrogens (tertiary/aromatic N) is 1. The number of rotatable bonds is 8. The van der Waals surface area contributed by atoms with Crippen LogP contribution in [0.4, 0.5) is 0 Å². The summed E-state index contributed by atoms with van der Waals surface area (Å²) in [7, 11) is 3.34. The zero-order chi connectivity index (χ0) is 17.9. The van der Waals surface area contributed by atoms with Crippen molar-refractivity contribution < 1.29 is 19.4 Å². The Kier molecular flexibility index (Phi) is 5.64. The van der Waals surface area contributed by atoms with Gasteiger partial charge in [-0.15, -0.1) is 0 Å². The fourth-order valence-electron chi connectivity index (χ4n) is 4.12. The molecule has 1 aromatic rings. The molecule has 3 rings (SSSR count). The predicted octanol–water partition coefficient (Wildman–Crippen LogP) is 3.31. The average Bonchev–Trinajstić information content (AvgIpc) is 3.39. The molecule has 0 radical (unpaired) electrons. The summed E-state index contributed by atoms with van der Waals surface area (Å²) in [4.78, 5) is 14.3. The molecule has 1 saturated heterocycles. The summed E-state index contributed by atoms with van der Waals surface area (Å²) in [5.41, 5.74) is 1.66. The zero-order valence-electron chi connectivity index (χ0n) is 15.3. The minimum Gasteiger partial charge on any atom is -0.496 e. The first-order chi connectivity index (χ1) is 12.1. The average molecular weight is 347 g/mol. The Morgan fingerprint density at radius 1 is 1.36 bits per heavy atom. The molecule has 1 N–H and O–H groups in total. The van der Waals surface area contributed by atoms with Crippen LogP contribution >= 0.6 is 0 Å². The fourth-order valence-corrected chi connectivity index (χ4v) is 4.12. The van der Waals surface area contributed by atoms with Crippen molar-refractivity contribution in [3.8, 4) is 5.75 Å². The zero-order valence-corrected chi connectivity index (χ0v) is 15.3. The summed E-state index contributed by atoms with van der Waals surface area (Å²) >= 11 is 0. The molecule has 1 heterocycles. The highest BCUT2D eigenvalue weighted by molar-refractivity contribution is 5.75. The van der Waals surface area contributed by atoms with Crippen molar-refractivity contribution in [1.29, 1.82) is 0 Å². The van der Waals surface area contributed by atoms with Crippen LogP contribution in [0.1, 0.15) is 43.2 Å². The van der Waals surface area contributed by atoms with Gasteiger partial charge in [-0.05, 0) is 49.4 Å². The lowest BCUT2D eigenvalue weighted by Crippen LogP contribution is -2.47. The molecule has 2 aliphatic rings. The summed E-state index contributed by atoms with van der Waals surface area (Å²) in [6, 6.07) is 6.15. The Labute approximate surface area is 149 Å². The van der Waals surface area contributed by atoms with Gasteiger partial charge in [-0.2, -0.15) is 0 Å². The second-order valence-electron chi connectivity index (χ2n) is 7.63. The predicted molar refractivity (Wildman–Crippen MR) is 95.6 cm³/mol. The van der Waals surface area contributed by atoms with Crippen molar-refractivity contribution in [2.45, 2.75) is 45.3 Å². The number of likely N-dealkylation sites (tertiary alicyclic amines) is 1. The van der Waals surface area contributed by atoms with Crippen LogP contribution in [-0.4, -0.2) is 43.3 Å². The number of piperidine rings is 1. The maximum absolute atomic E-state index is 12.0. The molecule has 2 fully saturated rings. The van der Waals surface area contributed by atoms with Gasteiger partial charge in [0.05, 0.1) is 19.1 Å². The van der Waals surface area contributed by atoms with Crippen LogP contribution < -0.4 is 4.74 Å². The van der Waals surface area contributed by atoms with Crippen LogP contribution in [0, 0.1) is 11.3 Å². The largest absolute Gasteiger partial charge is 0.496 e. The molecular formula is C20H29NO4. The SMILES string of the molecule is COCc1cc(CN2CCC[C@@](CC3CC3)(C(=O)O)C2)ccc1OC. The van der Waals surface area contributed by atoms with Crippen LogP contribution in [0.3, 0.4) is 0 Å². The summed E-state index contributed by atoms with van der Waals surface area (Å²) < 4.78 is 10.6. The number of aliphatic carboxylic acids is 1. The van der Waals surface area contributed by atoms with E-state index >= 15 is 0 Å². The van der Waals surface area contributed by atoms with E-state index in [1.165, 1.54) is 18.4 Å². The first kappa shape index (κ1) is 18.2.